The molecule has 2 N–H and O–H groups in total. The molecular weight excluding hydrogens is 304 g/mol. The second-order valence-electron chi connectivity index (χ2n) is 4.97. The Hall–Kier alpha value is -3.41. The highest BCUT2D eigenvalue weighted by atomic mass is 16.5. The van der Waals surface area contributed by atoms with Crippen LogP contribution >= 0.6 is 0 Å². The van der Waals surface area contributed by atoms with Crippen LogP contribution in [0.3, 0.4) is 0 Å². The molecule has 2 heterocycles. The Balaban J connectivity index is 1.57. The number of hydrogen-bond donors (Lipinski definition) is 2. The number of aromatic nitrogens is 2. The van der Waals surface area contributed by atoms with Gasteiger partial charge in [-0.1, -0.05) is 24.3 Å². The van der Waals surface area contributed by atoms with Gasteiger partial charge in [0.05, 0.1) is 0 Å². The van der Waals surface area contributed by atoms with Crippen LogP contribution in [0.4, 0.5) is 10.5 Å². The smallest absolute Gasteiger partial charge is 0.319 e. The fraction of sp³-hybridized carbons (Fsp3) is 0.0556. The van der Waals surface area contributed by atoms with Gasteiger partial charge in [-0.15, -0.1) is 0 Å². The summed E-state index contributed by atoms with van der Waals surface area (Å²) in [5.74, 6) is 1.09. The van der Waals surface area contributed by atoms with E-state index in [2.05, 4.69) is 20.6 Å². The van der Waals surface area contributed by atoms with Crippen molar-refractivity contribution >= 4 is 11.7 Å². The molecule has 6 nitrogen and oxygen atoms in total. The van der Waals surface area contributed by atoms with Crippen LogP contribution < -0.4 is 15.4 Å². The Bertz CT molecular complexity index is 794. The van der Waals surface area contributed by atoms with Gasteiger partial charge in [0.2, 0.25) is 5.88 Å². The highest BCUT2D eigenvalue weighted by Crippen LogP contribution is 2.21. The van der Waals surface area contributed by atoms with Crippen LogP contribution in [-0.4, -0.2) is 16.0 Å². The maximum Gasteiger partial charge on any atom is 0.319 e. The van der Waals surface area contributed by atoms with Gasteiger partial charge in [0.1, 0.15) is 5.75 Å². The number of para-hydroxylation sites is 1. The van der Waals surface area contributed by atoms with Crippen molar-refractivity contribution in [2.75, 3.05) is 5.32 Å². The number of ether oxygens (including phenoxy) is 1. The summed E-state index contributed by atoms with van der Waals surface area (Å²) in [6.07, 6.45) is 4.97. The maximum atomic E-state index is 12.0. The second kappa shape index (κ2) is 7.73. The normalized spacial score (nSPS) is 10.0. The van der Waals surface area contributed by atoms with Gasteiger partial charge in [0, 0.05) is 36.9 Å². The molecule has 6 heteroatoms. The number of carbonyl (C=O) groups excluding carboxylic acids is 1. The van der Waals surface area contributed by atoms with E-state index in [4.69, 9.17) is 4.74 Å². The third-order valence-electron chi connectivity index (χ3n) is 3.13. The van der Waals surface area contributed by atoms with Gasteiger partial charge in [-0.05, 0) is 29.8 Å². The quantitative estimate of drug-likeness (QED) is 0.753. The molecule has 24 heavy (non-hydrogen) atoms. The summed E-state index contributed by atoms with van der Waals surface area (Å²) in [7, 11) is 0. The van der Waals surface area contributed by atoms with E-state index in [0.29, 0.717) is 23.9 Å². The number of benzene rings is 1. The first-order valence-electron chi connectivity index (χ1n) is 7.42. The third kappa shape index (κ3) is 4.54. The van der Waals surface area contributed by atoms with Crippen LogP contribution in [-0.2, 0) is 6.54 Å². The molecule has 3 aromatic rings. The Morgan fingerprint density at radius 1 is 1.04 bits per heavy atom. The van der Waals surface area contributed by atoms with Gasteiger partial charge in [-0.2, -0.15) is 0 Å². The molecule has 0 aliphatic rings. The Morgan fingerprint density at radius 2 is 1.92 bits per heavy atom. The zero-order valence-corrected chi connectivity index (χ0v) is 12.8. The highest BCUT2D eigenvalue weighted by molar-refractivity contribution is 5.89. The first kappa shape index (κ1) is 15.5. The summed E-state index contributed by atoms with van der Waals surface area (Å²) in [5, 5.41) is 5.51. The molecule has 0 fully saturated rings. The van der Waals surface area contributed by atoms with E-state index in [-0.39, 0.29) is 6.03 Å². The van der Waals surface area contributed by atoms with E-state index < -0.39 is 0 Å². The molecule has 0 aliphatic carbocycles. The molecule has 0 bridgehead atoms. The molecule has 3 rings (SSSR count). The van der Waals surface area contributed by atoms with Crippen LogP contribution in [0.25, 0.3) is 0 Å². The third-order valence-corrected chi connectivity index (χ3v) is 3.13. The van der Waals surface area contributed by atoms with Crippen LogP contribution in [0.15, 0.2) is 73.2 Å². The number of pyridine rings is 2. The zero-order valence-electron chi connectivity index (χ0n) is 12.8. The number of hydrogen-bond acceptors (Lipinski definition) is 4. The van der Waals surface area contributed by atoms with Crippen LogP contribution in [0, 0.1) is 0 Å². The van der Waals surface area contributed by atoms with Gasteiger partial charge in [0.25, 0.3) is 0 Å². The van der Waals surface area contributed by atoms with Crippen molar-refractivity contribution in [1.82, 2.24) is 15.3 Å². The van der Waals surface area contributed by atoms with Gasteiger partial charge < -0.3 is 15.4 Å². The first-order chi connectivity index (χ1) is 11.8. The average Bonchev–Trinajstić information content (AvgIpc) is 2.62. The lowest BCUT2D eigenvalue weighted by Crippen LogP contribution is -2.28. The predicted octanol–water partition coefficient (Wildman–Crippen LogP) is 3.59. The molecule has 120 valence electrons. The van der Waals surface area contributed by atoms with Crippen molar-refractivity contribution < 1.29 is 9.53 Å². The lowest BCUT2D eigenvalue weighted by atomic mass is 10.3. The number of amides is 2. The minimum Gasteiger partial charge on any atom is -0.439 e. The molecule has 0 atom stereocenters. The number of urea groups is 1. The molecule has 0 saturated heterocycles. The van der Waals surface area contributed by atoms with Crippen molar-refractivity contribution in [1.29, 1.82) is 0 Å². The predicted molar refractivity (Wildman–Crippen MR) is 90.8 cm³/mol. The van der Waals surface area contributed by atoms with E-state index in [1.165, 1.54) is 0 Å². The van der Waals surface area contributed by atoms with E-state index in [0.717, 1.165) is 5.56 Å². The minimum atomic E-state index is -0.310. The van der Waals surface area contributed by atoms with E-state index >= 15 is 0 Å². The second-order valence-corrected chi connectivity index (χ2v) is 4.97. The standard InChI is InChI=1S/C18H16N4O2/c23-18(21-13-14-5-4-9-19-12-14)22-15-8-10-20-17(11-15)24-16-6-2-1-3-7-16/h1-12H,13H2,(H2,20,21,22,23). The Labute approximate surface area is 139 Å². The minimum absolute atomic E-state index is 0.310. The molecule has 2 amide bonds. The summed E-state index contributed by atoms with van der Waals surface area (Å²) in [5.41, 5.74) is 1.52. The lowest BCUT2D eigenvalue weighted by Gasteiger charge is -2.09. The molecule has 0 aliphatic heterocycles. The average molecular weight is 320 g/mol. The van der Waals surface area contributed by atoms with Gasteiger partial charge >= 0.3 is 6.03 Å². The van der Waals surface area contributed by atoms with Crippen LogP contribution in [0.5, 0.6) is 11.6 Å². The molecule has 0 unspecified atom stereocenters. The van der Waals surface area contributed by atoms with Gasteiger partial charge in [-0.3, -0.25) is 4.98 Å². The number of nitrogens with one attached hydrogen (secondary N) is 2. The van der Waals surface area contributed by atoms with Crippen molar-refractivity contribution in [2.45, 2.75) is 6.54 Å². The number of carbonyl (C=O) groups is 1. The van der Waals surface area contributed by atoms with Gasteiger partial charge in [0.15, 0.2) is 0 Å². The number of nitrogens with zero attached hydrogens (tertiary/aromatic N) is 2. The topological polar surface area (TPSA) is 76.1 Å². The zero-order chi connectivity index (χ0) is 16.6. The van der Waals surface area contributed by atoms with Gasteiger partial charge in [-0.25, -0.2) is 9.78 Å². The molecule has 2 aromatic heterocycles. The summed E-state index contributed by atoms with van der Waals surface area (Å²) >= 11 is 0. The Morgan fingerprint density at radius 3 is 2.71 bits per heavy atom. The molecule has 0 spiro atoms. The van der Waals surface area contributed by atoms with Crippen LogP contribution in [0.1, 0.15) is 5.56 Å². The largest absolute Gasteiger partial charge is 0.439 e. The van der Waals surface area contributed by atoms with E-state index in [9.17, 15) is 4.79 Å². The van der Waals surface area contributed by atoms with Crippen molar-refractivity contribution in [3.05, 3.63) is 78.8 Å². The summed E-state index contributed by atoms with van der Waals surface area (Å²) in [6, 6.07) is 16.1. The number of anilines is 1. The van der Waals surface area contributed by atoms with E-state index in [1.54, 1.807) is 30.7 Å². The molecular formula is C18H16N4O2. The summed E-state index contributed by atoms with van der Waals surface area (Å²) < 4.78 is 5.64. The Kier molecular flexibility index (Phi) is 4.99. The fourth-order valence-corrected chi connectivity index (χ4v) is 2.01. The van der Waals surface area contributed by atoms with E-state index in [1.807, 2.05) is 42.5 Å². The van der Waals surface area contributed by atoms with Crippen molar-refractivity contribution in [3.8, 4) is 11.6 Å². The number of rotatable bonds is 5. The fourth-order valence-electron chi connectivity index (χ4n) is 2.01. The first-order valence-corrected chi connectivity index (χ1v) is 7.42. The van der Waals surface area contributed by atoms with Crippen molar-refractivity contribution in [3.63, 3.8) is 0 Å². The summed E-state index contributed by atoms with van der Waals surface area (Å²) in [4.78, 5) is 20.1. The van der Waals surface area contributed by atoms with Crippen LogP contribution in [0.2, 0.25) is 0 Å². The molecule has 0 radical (unpaired) electrons. The SMILES string of the molecule is O=C(NCc1cccnc1)Nc1ccnc(Oc2ccccc2)c1. The monoisotopic (exact) mass is 320 g/mol. The molecule has 0 saturated carbocycles. The maximum absolute atomic E-state index is 12.0. The van der Waals surface area contributed by atoms with Crippen molar-refractivity contribution in [2.24, 2.45) is 0 Å². The summed E-state index contributed by atoms with van der Waals surface area (Å²) in [6.45, 7) is 0.401. The molecule has 1 aromatic carbocycles. The lowest BCUT2D eigenvalue weighted by molar-refractivity contribution is 0.251. The highest BCUT2D eigenvalue weighted by Gasteiger charge is 2.04.